The van der Waals surface area contributed by atoms with Gasteiger partial charge in [-0.1, -0.05) is 12.1 Å². The Morgan fingerprint density at radius 3 is 2.72 bits per heavy atom. The average Bonchev–Trinajstić information content (AvgIpc) is 2.71. The molecule has 0 saturated carbocycles. The second kappa shape index (κ2) is 5.01. The van der Waals surface area contributed by atoms with Gasteiger partial charge >= 0.3 is 11.9 Å². The number of carboxylic acid groups (broad SMARTS) is 2. The summed E-state index contributed by atoms with van der Waals surface area (Å²) < 4.78 is 4.15. The van der Waals surface area contributed by atoms with E-state index in [0.29, 0.717) is 5.00 Å². The fourth-order valence-corrected chi connectivity index (χ4v) is 2.34. The Labute approximate surface area is 106 Å². The molecule has 0 aliphatic rings. The summed E-state index contributed by atoms with van der Waals surface area (Å²) in [6.07, 6.45) is -0.485. The zero-order valence-electron chi connectivity index (χ0n) is 9.16. The van der Waals surface area contributed by atoms with Gasteiger partial charge in [-0.05, 0) is 23.7 Å². The third-order valence-corrected chi connectivity index (χ3v) is 3.17. The van der Waals surface area contributed by atoms with Gasteiger partial charge in [-0.3, -0.25) is 4.79 Å². The predicted octanol–water partition coefficient (Wildman–Crippen LogP) is 1.64. The molecule has 1 aromatic carbocycles. The Morgan fingerprint density at radius 1 is 1.33 bits per heavy atom. The van der Waals surface area contributed by atoms with Crippen LogP contribution in [0.1, 0.15) is 6.42 Å². The number of carboxylic acids is 2. The summed E-state index contributed by atoms with van der Waals surface area (Å²) >= 11 is 1.12. The Balaban J connectivity index is 2.26. The summed E-state index contributed by atoms with van der Waals surface area (Å²) in [6.45, 7) is 0. The van der Waals surface area contributed by atoms with Gasteiger partial charge in [0.25, 0.3) is 0 Å². The first-order valence-electron chi connectivity index (χ1n) is 5.13. The summed E-state index contributed by atoms with van der Waals surface area (Å²) in [6, 6.07) is 6.10. The summed E-state index contributed by atoms with van der Waals surface area (Å²) in [5.74, 6) is -2.36. The molecule has 0 spiro atoms. The maximum Gasteiger partial charge on any atom is 0.326 e. The third kappa shape index (κ3) is 2.57. The van der Waals surface area contributed by atoms with Crippen molar-refractivity contribution < 1.29 is 19.8 Å². The molecule has 0 radical (unpaired) electrons. The second-order valence-electron chi connectivity index (χ2n) is 3.66. The third-order valence-electron chi connectivity index (χ3n) is 2.37. The highest BCUT2D eigenvalue weighted by atomic mass is 32.1. The van der Waals surface area contributed by atoms with E-state index in [9.17, 15) is 9.59 Å². The van der Waals surface area contributed by atoms with Gasteiger partial charge in [-0.25, -0.2) is 4.79 Å². The van der Waals surface area contributed by atoms with Gasteiger partial charge in [0.05, 0.1) is 11.9 Å². The molecule has 0 aliphatic heterocycles. The van der Waals surface area contributed by atoms with Crippen molar-refractivity contribution in [1.82, 2.24) is 4.37 Å². The van der Waals surface area contributed by atoms with E-state index in [1.807, 2.05) is 18.2 Å². The number of hydrogen-bond donors (Lipinski definition) is 3. The molecule has 2 rings (SSSR count). The molecule has 1 unspecified atom stereocenters. The van der Waals surface area contributed by atoms with E-state index >= 15 is 0 Å². The highest BCUT2D eigenvalue weighted by Crippen LogP contribution is 2.28. The molecule has 6 nitrogen and oxygen atoms in total. The van der Waals surface area contributed by atoms with Crippen LogP contribution in [0.4, 0.5) is 5.00 Å². The van der Waals surface area contributed by atoms with Crippen LogP contribution < -0.4 is 5.32 Å². The van der Waals surface area contributed by atoms with Crippen molar-refractivity contribution in [1.29, 1.82) is 0 Å². The van der Waals surface area contributed by atoms with Crippen molar-refractivity contribution >= 4 is 39.4 Å². The summed E-state index contributed by atoms with van der Waals surface area (Å²) in [5.41, 5.74) is 0.754. The smallest absolute Gasteiger partial charge is 0.326 e. The first-order chi connectivity index (χ1) is 8.58. The lowest BCUT2D eigenvalue weighted by Crippen LogP contribution is -2.31. The first-order valence-corrected chi connectivity index (χ1v) is 5.91. The van der Waals surface area contributed by atoms with Gasteiger partial charge in [-0.15, -0.1) is 0 Å². The SMILES string of the molecule is O=C(O)CC(Nc1snc2ccccc12)C(=O)O. The standard InChI is InChI=1S/C11H10N2O4S/c14-9(15)5-8(11(16)17)12-10-6-3-1-2-4-7(6)13-18-10/h1-4,8,12H,5H2,(H,14,15)(H,16,17). The van der Waals surface area contributed by atoms with E-state index < -0.39 is 24.4 Å². The topological polar surface area (TPSA) is 99.5 Å². The maximum absolute atomic E-state index is 11.0. The van der Waals surface area contributed by atoms with E-state index in [0.717, 1.165) is 22.4 Å². The summed E-state index contributed by atoms with van der Waals surface area (Å²) in [5, 5.41) is 21.7. The van der Waals surface area contributed by atoms with Crippen LogP contribution in [0.5, 0.6) is 0 Å². The number of benzene rings is 1. The number of aromatic nitrogens is 1. The lowest BCUT2D eigenvalue weighted by molar-refractivity contribution is -0.144. The molecular weight excluding hydrogens is 256 g/mol. The fraction of sp³-hybridized carbons (Fsp3) is 0.182. The Hall–Kier alpha value is -2.15. The van der Waals surface area contributed by atoms with Gasteiger partial charge in [0.1, 0.15) is 11.0 Å². The van der Waals surface area contributed by atoms with Gasteiger partial charge in [-0.2, -0.15) is 4.37 Å². The Kier molecular flexibility index (Phi) is 3.42. The maximum atomic E-state index is 11.0. The van der Waals surface area contributed by atoms with Crippen molar-refractivity contribution in [2.75, 3.05) is 5.32 Å². The van der Waals surface area contributed by atoms with Crippen LogP contribution in [0.2, 0.25) is 0 Å². The lowest BCUT2D eigenvalue weighted by Gasteiger charge is -2.11. The molecule has 1 heterocycles. The number of fused-ring (bicyclic) bond motifs is 1. The molecule has 0 aliphatic carbocycles. The molecule has 0 saturated heterocycles. The van der Waals surface area contributed by atoms with E-state index in [-0.39, 0.29) is 0 Å². The number of hydrogen-bond acceptors (Lipinski definition) is 5. The molecule has 2 aromatic rings. The van der Waals surface area contributed by atoms with Crippen molar-refractivity contribution in [2.45, 2.75) is 12.5 Å². The Morgan fingerprint density at radius 2 is 2.06 bits per heavy atom. The van der Waals surface area contributed by atoms with Crippen LogP contribution in [0.15, 0.2) is 24.3 Å². The van der Waals surface area contributed by atoms with E-state index in [2.05, 4.69) is 9.69 Å². The quantitative estimate of drug-likeness (QED) is 0.760. The first kappa shape index (κ1) is 12.3. The van der Waals surface area contributed by atoms with Gasteiger partial charge in [0.2, 0.25) is 0 Å². The number of nitrogens with zero attached hydrogens (tertiary/aromatic N) is 1. The molecule has 7 heteroatoms. The van der Waals surface area contributed by atoms with E-state index in [4.69, 9.17) is 10.2 Å². The van der Waals surface area contributed by atoms with Gasteiger partial charge in [0, 0.05) is 5.39 Å². The zero-order valence-corrected chi connectivity index (χ0v) is 9.98. The van der Waals surface area contributed by atoms with Crippen LogP contribution in [0.25, 0.3) is 10.9 Å². The van der Waals surface area contributed by atoms with Gasteiger partial charge in [0.15, 0.2) is 0 Å². The van der Waals surface area contributed by atoms with E-state index in [1.165, 1.54) is 0 Å². The van der Waals surface area contributed by atoms with Crippen molar-refractivity contribution in [3.63, 3.8) is 0 Å². The molecule has 1 atom stereocenters. The fourth-order valence-electron chi connectivity index (χ4n) is 1.53. The van der Waals surface area contributed by atoms with Gasteiger partial charge < -0.3 is 15.5 Å². The molecule has 0 fully saturated rings. The largest absolute Gasteiger partial charge is 0.481 e. The number of aliphatic carboxylic acids is 2. The van der Waals surface area contributed by atoms with Crippen LogP contribution >= 0.6 is 11.5 Å². The molecule has 0 bridgehead atoms. The zero-order chi connectivity index (χ0) is 13.1. The number of nitrogens with one attached hydrogen (secondary N) is 1. The van der Waals surface area contributed by atoms with Crippen LogP contribution in [-0.4, -0.2) is 32.6 Å². The van der Waals surface area contributed by atoms with Crippen molar-refractivity contribution in [3.05, 3.63) is 24.3 Å². The molecule has 3 N–H and O–H groups in total. The molecule has 94 valence electrons. The van der Waals surface area contributed by atoms with Crippen molar-refractivity contribution in [3.8, 4) is 0 Å². The number of rotatable bonds is 5. The molecule has 18 heavy (non-hydrogen) atoms. The summed E-state index contributed by atoms with van der Waals surface area (Å²) in [7, 11) is 0. The second-order valence-corrected chi connectivity index (χ2v) is 4.44. The predicted molar refractivity (Wildman–Crippen MR) is 66.9 cm³/mol. The Bertz CT molecular complexity index is 595. The van der Waals surface area contributed by atoms with Crippen LogP contribution in [0, 0.1) is 0 Å². The minimum Gasteiger partial charge on any atom is -0.481 e. The lowest BCUT2D eigenvalue weighted by atomic mass is 10.2. The molecule has 0 amide bonds. The molecular formula is C11H10N2O4S. The van der Waals surface area contributed by atoms with Crippen molar-refractivity contribution in [2.24, 2.45) is 0 Å². The minimum absolute atomic E-state index is 0.485. The summed E-state index contributed by atoms with van der Waals surface area (Å²) in [4.78, 5) is 21.5. The van der Waals surface area contributed by atoms with Crippen LogP contribution in [0.3, 0.4) is 0 Å². The number of carbonyl (C=O) groups is 2. The monoisotopic (exact) mass is 266 g/mol. The highest BCUT2D eigenvalue weighted by molar-refractivity contribution is 7.11. The normalized spacial score (nSPS) is 12.2. The minimum atomic E-state index is -1.20. The average molecular weight is 266 g/mol. The van der Waals surface area contributed by atoms with E-state index in [1.54, 1.807) is 6.07 Å². The highest BCUT2D eigenvalue weighted by Gasteiger charge is 2.22. The van der Waals surface area contributed by atoms with Crippen LogP contribution in [-0.2, 0) is 9.59 Å². The molecule has 1 aromatic heterocycles. The number of anilines is 1.